The van der Waals surface area contributed by atoms with Crippen molar-refractivity contribution in [3.63, 3.8) is 0 Å². The number of rotatable bonds is 4. The molecule has 1 atom stereocenters. The van der Waals surface area contributed by atoms with E-state index in [0.717, 1.165) is 18.5 Å². The Bertz CT molecular complexity index is 624. The SMILES string of the molecule is C[C@@H]1CCc2nc(NC(=O)COc3ccccc3)sc2C1. The molecule has 110 valence electrons. The molecule has 1 aliphatic rings. The minimum Gasteiger partial charge on any atom is -0.484 e. The van der Waals surface area contributed by atoms with Crippen molar-refractivity contribution in [3.05, 3.63) is 40.9 Å². The van der Waals surface area contributed by atoms with Gasteiger partial charge in [-0.25, -0.2) is 4.98 Å². The highest BCUT2D eigenvalue weighted by atomic mass is 32.1. The quantitative estimate of drug-likeness (QED) is 0.943. The second-order valence-corrected chi connectivity index (χ2v) is 6.47. The summed E-state index contributed by atoms with van der Waals surface area (Å²) in [5.74, 6) is 1.24. The lowest BCUT2D eigenvalue weighted by Gasteiger charge is -2.15. The first kappa shape index (κ1) is 14.1. The van der Waals surface area contributed by atoms with Gasteiger partial charge in [0.1, 0.15) is 5.75 Å². The smallest absolute Gasteiger partial charge is 0.264 e. The first-order chi connectivity index (χ1) is 10.2. The molecule has 1 N–H and O–H groups in total. The van der Waals surface area contributed by atoms with Gasteiger partial charge in [0.15, 0.2) is 11.7 Å². The number of hydrogen-bond donors (Lipinski definition) is 1. The number of nitrogens with zero attached hydrogens (tertiary/aromatic N) is 1. The van der Waals surface area contributed by atoms with Gasteiger partial charge in [-0.05, 0) is 37.3 Å². The number of thiazole rings is 1. The number of anilines is 1. The number of nitrogens with one attached hydrogen (secondary N) is 1. The zero-order valence-corrected chi connectivity index (χ0v) is 12.8. The summed E-state index contributed by atoms with van der Waals surface area (Å²) in [6.45, 7) is 2.26. The van der Waals surface area contributed by atoms with Crippen LogP contribution in [0.4, 0.5) is 5.13 Å². The summed E-state index contributed by atoms with van der Waals surface area (Å²) in [4.78, 5) is 17.7. The van der Waals surface area contributed by atoms with E-state index in [-0.39, 0.29) is 12.5 Å². The van der Waals surface area contributed by atoms with Gasteiger partial charge in [-0.15, -0.1) is 11.3 Å². The Kier molecular flexibility index (Phi) is 4.20. The van der Waals surface area contributed by atoms with E-state index in [1.165, 1.54) is 11.3 Å². The predicted molar refractivity (Wildman–Crippen MR) is 83.9 cm³/mol. The molecule has 0 aliphatic heterocycles. The standard InChI is InChI=1S/C16H18N2O2S/c1-11-7-8-13-14(9-11)21-16(17-13)18-15(19)10-20-12-5-3-2-4-6-12/h2-6,11H,7-10H2,1H3,(H,17,18,19)/t11-/m1/s1. The molecule has 2 aromatic rings. The van der Waals surface area contributed by atoms with Crippen molar-refractivity contribution >= 4 is 22.4 Å². The van der Waals surface area contributed by atoms with Crippen LogP contribution >= 0.6 is 11.3 Å². The molecule has 1 aromatic carbocycles. The molecular weight excluding hydrogens is 284 g/mol. The van der Waals surface area contributed by atoms with Crippen molar-refractivity contribution in [2.45, 2.75) is 26.2 Å². The number of carbonyl (C=O) groups is 1. The Balaban J connectivity index is 1.55. The van der Waals surface area contributed by atoms with E-state index >= 15 is 0 Å². The van der Waals surface area contributed by atoms with Gasteiger partial charge in [0.2, 0.25) is 0 Å². The highest BCUT2D eigenvalue weighted by molar-refractivity contribution is 7.15. The lowest BCUT2D eigenvalue weighted by atomic mass is 9.93. The Labute approximate surface area is 128 Å². The number of benzene rings is 1. The third-order valence-electron chi connectivity index (χ3n) is 3.55. The van der Waals surface area contributed by atoms with Crippen molar-refractivity contribution in [2.24, 2.45) is 5.92 Å². The Hall–Kier alpha value is -1.88. The number of para-hydroxylation sites is 1. The molecule has 4 nitrogen and oxygen atoms in total. The molecule has 21 heavy (non-hydrogen) atoms. The molecule has 1 heterocycles. The van der Waals surface area contributed by atoms with Gasteiger partial charge in [0.05, 0.1) is 5.69 Å². The zero-order chi connectivity index (χ0) is 14.7. The van der Waals surface area contributed by atoms with Crippen molar-refractivity contribution < 1.29 is 9.53 Å². The molecule has 0 bridgehead atoms. The highest BCUT2D eigenvalue weighted by Crippen LogP contribution is 2.31. The number of ether oxygens (including phenoxy) is 1. The molecule has 0 saturated carbocycles. The van der Waals surface area contributed by atoms with E-state index in [9.17, 15) is 4.79 Å². The lowest BCUT2D eigenvalue weighted by Crippen LogP contribution is -2.20. The van der Waals surface area contributed by atoms with Gasteiger partial charge >= 0.3 is 0 Å². The lowest BCUT2D eigenvalue weighted by molar-refractivity contribution is -0.118. The Morgan fingerprint density at radius 2 is 2.24 bits per heavy atom. The van der Waals surface area contributed by atoms with E-state index in [1.54, 1.807) is 11.3 Å². The van der Waals surface area contributed by atoms with Crippen LogP contribution < -0.4 is 10.1 Å². The van der Waals surface area contributed by atoms with E-state index < -0.39 is 0 Å². The van der Waals surface area contributed by atoms with Crippen LogP contribution in [0.3, 0.4) is 0 Å². The molecule has 1 aromatic heterocycles. The molecule has 0 fully saturated rings. The minimum absolute atomic E-state index is 0.00463. The summed E-state index contributed by atoms with van der Waals surface area (Å²) in [5, 5.41) is 3.52. The summed E-state index contributed by atoms with van der Waals surface area (Å²) in [7, 11) is 0. The van der Waals surface area contributed by atoms with Crippen LogP contribution in [0, 0.1) is 5.92 Å². The number of aromatic nitrogens is 1. The van der Waals surface area contributed by atoms with E-state index in [0.29, 0.717) is 16.8 Å². The second kappa shape index (κ2) is 6.26. The molecule has 0 unspecified atom stereocenters. The average Bonchev–Trinajstić information content (AvgIpc) is 2.87. The van der Waals surface area contributed by atoms with Gasteiger partial charge in [-0.3, -0.25) is 10.1 Å². The maximum atomic E-state index is 11.9. The summed E-state index contributed by atoms with van der Waals surface area (Å²) in [5.41, 5.74) is 1.15. The molecule has 0 radical (unpaired) electrons. The summed E-state index contributed by atoms with van der Waals surface area (Å²) in [6, 6.07) is 9.33. The van der Waals surface area contributed by atoms with Gasteiger partial charge in [0, 0.05) is 4.88 Å². The number of aryl methyl sites for hydroxylation is 1. The van der Waals surface area contributed by atoms with Crippen LogP contribution in [0.2, 0.25) is 0 Å². The van der Waals surface area contributed by atoms with Gasteiger partial charge < -0.3 is 4.74 Å². The minimum atomic E-state index is -0.169. The molecular formula is C16H18N2O2S. The van der Waals surface area contributed by atoms with Gasteiger partial charge in [-0.2, -0.15) is 0 Å². The summed E-state index contributed by atoms with van der Waals surface area (Å²) >= 11 is 1.59. The monoisotopic (exact) mass is 302 g/mol. The fourth-order valence-electron chi connectivity index (χ4n) is 2.41. The third-order valence-corrected chi connectivity index (χ3v) is 4.58. The fourth-order valence-corrected chi connectivity index (χ4v) is 3.60. The molecule has 3 rings (SSSR count). The summed E-state index contributed by atoms with van der Waals surface area (Å²) in [6.07, 6.45) is 3.27. The number of hydrogen-bond acceptors (Lipinski definition) is 4. The molecule has 0 spiro atoms. The molecule has 1 aliphatic carbocycles. The summed E-state index contributed by atoms with van der Waals surface area (Å²) < 4.78 is 5.42. The van der Waals surface area contributed by atoms with Crippen molar-refractivity contribution in [1.82, 2.24) is 4.98 Å². The highest BCUT2D eigenvalue weighted by Gasteiger charge is 2.20. The Morgan fingerprint density at radius 1 is 1.43 bits per heavy atom. The topological polar surface area (TPSA) is 51.2 Å². The third kappa shape index (κ3) is 3.61. The van der Waals surface area contributed by atoms with Crippen LogP contribution in [0.25, 0.3) is 0 Å². The van der Waals surface area contributed by atoms with E-state index in [1.807, 2.05) is 30.3 Å². The van der Waals surface area contributed by atoms with Crippen LogP contribution in [0.1, 0.15) is 23.9 Å². The maximum Gasteiger partial charge on any atom is 0.264 e. The molecule has 5 heteroatoms. The van der Waals surface area contributed by atoms with Crippen LogP contribution in [-0.2, 0) is 17.6 Å². The largest absolute Gasteiger partial charge is 0.484 e. The molecule has 0 saturated heterocycles. The molecule has 1 amide bonds. The second-order valence-electron chi connectivity index (χ2n) is 5.39. The predicted octanol–water partition coefficient (Wildman–Crippen LogP) is 3.29. The fraction of sp³-hybridized carbons (Fsp3) is 0.375. The first-order valence-corrected chi connectivity index (χ1v) is 7.98. The first-order valence-electron chi connectivity index (χ1n) is 7.17. The van der Waals surface area contributed by atoms with Crippen molar-refractivity contribution in [2.75, 3.05) is 11.9 Å². The van der Waals surface area contributed by atoms with E-state index in [4.69, 9.17) is 4.74 Å². The normalized spacial score (nSPS) is 17.1. The van der Waals surface area contributed by atoms with Crippen LogP contribution in [-0.4, -0.2) is 17.5 Å². The van der Waals surface area contributed by atoms with Crippen LogP contribution in [0.15, 0.2) is 30.3 Å². The van der Waals surface area contributed by atoms with Crippen molar-refractivity contribution in [3.8, 4) is 5.75 Å². The van der Waals surface area contributed by atoms with Crippen LogP contribution in [0.5, 0.6) is 5.75 Å². The van der Waals surface area contributed by atoms with Crippen molar-refractivity contribution in [1.29, 1.82) is 0 Å². The average molecular weight is 302 g/mol. The van der Waals surface area contributed by atoms with Gasteiger partial charge in [-0.1, -0.05) is 25.1 Å². The van der Waals surface area contributed by atoms with Gasteiger partial charge in [0.25, 0.3) is 5.91 Å². The number of carbonyl (C=O) groups excluding carboxylic acids is 1. The number of amides is 1. The zero-order valence-electron chi connectivity index (χ0n) is 12.0. The number of fused-ring (bicyclic) bond motifs is 1. The maximum absolute atomic E-state index is 11.9. The van der Waals surface area contributed by atoms with E-state index in [2.05, 4.69) is 17.2 Å². The Morgan fingerprint density at radius 3 is 3.05 bits per heavy atom.